The summed E-state index contributed by atoms with van der Waals surface area (Å²) < 4.78 is 11.5. The normalized spacial score (nSPS) is 18.9. The zero-order chi connectivity index (χ0) is 18.2. The van der Waals surface area contributed by atoms with Gasteiger partial charge in [0.15, 0.2) is 5.78 Å². The molecule has 5 nitrogen and oxygen atoms in total. The predicted molar refractivity (Wildman–Crippen MR) is 92.2 cm³/mol. The fourth-order valence-corrected chi connectivity index (χ4v) is 3.10. The molecule has 0 radical (unpaired) electrons. The van der Waals surface area contributed by atoms with Crippen LogP contribution in [-0.4, -0.2) is 34.8 Å². The highest BCUT2D eigenvalue weighted by atomic mass is 16.5. The lowest BCUT2D eigenvalue weighted by atomic mass is 9.85. The summed E-state index contributed by atoms with van der Waals surface area (Å²) in [6, 6.07) is 0. The zero-order valence-electron chi connectivity index (χ0n) is 15.4. The van der Waals surface area contributed by atoms with E-state index in [0.717, 1.165) is 12.0 Å². The summed E-state index contributed by atoms with van der Waals surface area (Å²) in [6.07, 6.45) is 1.06. The number of ether oxygens (including phenoxy) is 2. The van der Waals surface area contributed by atoms with Crippen molar-refractivity contribution >= 4 is 5.78 Å². The Labute approximate surface area is 143 Å². The number of methoxy groups -OCH3 is 1. The number of ketones is 1. The van der Waals surface area contributed by atoms with E-state index in [4.69, 9.17) is 9.47 Å². The second kappa shape index (κ2) is 6.63. The molecule has 0 saturated carbocycles. The molecule has 1 heterocycles. The third kappa shape index (κ3) is 3.22. The first-order valence-corrected chi connectivity index (χ1v) is 8.42. The van der Waals surface area contributed by atoms with E-state index in [2.05, 4.69) is 13.8 Å². The van der Waals surface area contributed by atoms with Gasteiger partial charge in [0.25, 0.3) is 0 Å². The van der Waals surface area contributed by atoms with Crippen LogP contribution in [0.4, 0.5) is 0 Å². The van der Waals surface area contributed by atoms with Gasteiger partial charge in [-0.1, -0.05) is 13.8 Å². The van der Waals surface area contributed by atoms with Gasteiger partial charge in [0.2, 0.25) is 0 Å². The van der Waals surface area contributed by atoms with Crippen LogP contribution in [0, 0.1) is 5.92 Å². The Morgan fingerprint density at radius 2 is 2.04 bits per heavy atom. The van der Waals surface area contributed by atoms with Crippen molar-refractivity contribution in [2.75, 3.05) is 7.11 Å². The van der Waals surface area contributed by atoms with Gasteiger partial charge in [-0.2, -0.15) is 0 Å². The summed E-state index contributed by atoms with van der Waals surface area (Å²) in [6.45, 7) is 9.28. The molecule has 1 aliphatic heterocycles. The van der Waals surface area contributed by atoms with E-state index in [1.54, 1.807) is 0 Å². The molecular formula is C19H28O5. The van der Waals surface area contributed by atoms with Crippen LogP contribution in [0.15, 0.2) is 0 Å². The zero-order valence-corrected chi connectivity index (χ0v) is 15.4. The third-order valence-electron chi connectivity index (χ3n) is 4.66. The molecule has 2 rings (SSSR count). The quantitative estimate of drug-likeness (QED) is 0.807. The van der Waals surface area contributed by atoms with Crippen LogP contribution in [0.1, 0.15) is 62.5 Å². The molecule has 5 heteroatoms. The van der Waals surface area contributed by atoms with Crippen LogP contribution in [0.5, 0.6) is 17.2 Å². The first-order chi connectivity index (χ1) is 11.1. The number of aliphatic hydroxyl groups excluding tert-OH is 1. The van der Waals surface area contributed by atoms with Crippen LogP contribution in [0.25, 0.3) is 0 Å². The Balaban J connectivity index is 2.72. The van der Waals surface area contributed by atoms with E-state index in [0.29, 0.717) is 29.4 Å². The molecule has 24 heavy (non-hydrogen) atoms. The van der Waals surface area contributed by atoms with Gasteiger partial charge in [0.05, 0.1) is 13.2 Å². The second-order valence-electron chi connectivity index (χ2n) is 7.46. The highest BCUT2D eigenvalue weighted by Gasteiger charge is 2.40. The molecule has 134 valence electrons. The molecule has 1 aliphatic rings. The number of carbonyl (C=O) groups excluding carboxylic acids is 1. The van der Waals surface area contributed by atoms with Gasteiger partial charge in [-0.05, 0) is 39.5 Å². The van der Waals surface area contributed by atoms with Crippen molar-refractivity contribution < 1.29 is 24.5 Å². The fraction of sp³-hybridized carbons (Fsp3) is 0.632. The van der Waals surface area contributed by atoms with E-state index in [-0.39, 0.29) is 23.5 Å². The molecule has 1 aromatic carbocycles. The topological polar surface area (TPSA) is 76.0 Å². The minimum Gasteiger partial charge on any atom is -0.507 e. The Bertz CT molecular complexity index is 646. The lowest BCUT2D eigenvalue weighted by molar-refractivity contribution is -0.0425. The van der Waals surface area contributed by atoms with Crippen molar-refractivity contribution in [3.63, 3.8) is 0 Å². The lowest BCUT2D eigenvalue weighted by Gasteiger charge is -2.39. The summed E-state index contributed by atoms with van der Waals surface area (Å²) in [5.74, 6) is 0.994. The molecule has 0 spiro atoms. The van der Waals surface area contributed by atoms with E-state index in [1.807, 2.05) is 13.8 Å². The maximum Gasteiger partial charge on any atom is 0.167 e. The number of phenols is 1. The van der Waals surface area contributed by atoms with Gasteiger partial charge in [0, 0.05) is 17.5 Å². The van der Waals surface area contributed by atoms with E-state index in [9.17, 15) is 15.0 Å². The SMILES string of the molecule is COc1c(CCC(C)C)c2c(c(O)c1C(C)=O)CC(O)C(C)(C)O2. The molecule has 1 atom stereocenters. The molecule has 0 amide bonds. The number of Topliss-reactive ketones (excluding diaryl/α,β-unsaturated/α-hetero) is 1. The van der Waals surface area contributed by atoms with Gasteiger partial charge < -0.3 is 19.7 Å². The van der Waals surface area contributed by atoms with Gasteiger partial charge in [-0.25, -0.2) is 0 Å². The van der Waals surface area contributed by atoms with Crippen LogP contribution < -0.4 is 9.47 Å². The highest BCUT2D eigenvalue weighted by molar-refractivity contribution is 6.01. The first-order valence-electron chi connectivity index (χ1n) is 8.42. The number of carbonyl (C=O) groups is 1. The number of hydrogen-bond acceptors (Lipinski definition) is 5. The van der Waals surface area contributed by atoms with Crippen molar-refractivity contribution in [3.8, 4) is 17.2 Å². The van der Waals surface area contributed by atoms with Gasteiger partial charge >= 0.3 is 0 Å². The van der Waals surface area contributed by atoms with Gasteiger partial charge in [0.1, 0.15) is 28.4 Å². The second-order valence-corrected chi connectivity index (χ2v) is 7.46. The number of phenolic OH excluding ortho intramolecular Hbond substituents is 1. The summed E-state index contributed by atoms with van der Waals surface area (Å²) >= 11 is 0. The smallest absolute Gasteiger partial charge is 0.167 e. The average Bonchev–Trinajstić information content (AvgIpc) is 2.47. The third-order valence-corrected chi connectivity index (χ3v) is 4.66. The minimum absolute atomic E-state index is 0.141. The Morgan fingerprint density at radius 3 is 2.54 bits per heavy atom. The molecule has 1 aromatic rings. The van der Waals surface area contributed by atoms with E-state index < -0.39 is 11.7 Å². The highest BCUT2D eigenvalue weighted by Crippen LogP contribution is 2.48. The van der Waals surface area contributed by atoms with E-state index >= 15 is 0 Å². The van der Waals surface area contributed by atoms with Crippen LogP contribution in [0.3, 0.4) is 0 Å². The number of fused-ring (bicyclic) bond motifs is 1. The summed E-state index contributed by atoms with van der Waals surface area (Å²) in [4.78, 5) is 12.1. The van der Waals surface area contributed by atoms with Crippen LogP contribution in [-0.2, 0) is 12.8 Å². The summed E-state index contributed by atoms with van der Waals surface area (Å²) in [5, 5.41) is 20.9. The molecule has 0 aromatic heterocycles. The Morgan fingerprint density at radius 1 is 1.42 bits per heavy atom. The minimum atomic E-state index is -0.769. The number of hydrogen-bond donors (Lipinski definition) is 2. The number of aliphatic hydroxyl groups is 1. The lowest BCUT2D eigenvalue weighted by Crippen LogP contribution is -2.46. The van der Waals surface area contributed by atoms with Crippen LogP contribution >= 0.6 is 0 Å². The largest absolute Gasteiger partial charge is 0.507 e. The molecule has 0 bridgehead atoms. The molecule has 0 fully saturated rings. The average molecular weight is 336 g/mol. The van der Waals surface area contributed by atoms with Crippen molar-refractivity contribution in [1.29, 1.82) is 0 Å². The summed E-state index contributed by atoms with van der Waals surface area (Å²) in [7, 11) is 1.50. The van der Waals surface area contributed by atoms with Crippen molar-refractivity contribution in [2.45, 2.75) is 65.6 Å². The standard InChI is InChI=1S/C19H28O5/c1-10(2)7-8-12-17-13(9-14(21)19(4,5)24-17)16(22)15(11(3)20)18(12)23-6/h10,14,21-22H,7-9H2,1-6H3. The summed E-state index contributed by atoms with van der Waals surface area (Å²) in [5.41, 5.74) is 0.690. The maximum atomic E-state index is 12.1. The fourth-order valence-electron chi connectivity index (χ4n) is 3.10. The van der Waals surface area contributed by atoms with Crippen molar-refractivity contribution in [2.24, 2.45) is 5.92 Å². The number of benzene rings is 1. The van der Waals surface area contributed by atoms with Crippen molar-refractivity contribution in [1.82, 2.24) is 0 Å². The molecule has 2 N–H and O–H groups in total. The molecular weight excluding hydrogens is 308 g/mol. The van der Waals surface area contributed by atoms with Gasteiger partial charge in [-0.15, -0.1) is 0 Å². The number of aromatic hydroxyl groups is 1. The maximum absolute atomic E-state index is 12.1. The van der Waals surface area contributed by atoms with Crippen LogP contribution in [0.2, 0.25) is 0 Å². The Kier molecular flexibility index (Phi) is 5.14. The Hall–Kier alpha value is -1.75. The predicted octanol–water partition coefficient (Wildman–Crippen LogP) is 3.27. The van der Waals surface area contributed by atoms with Crippen molar-refractivity contribution in [3.05, 3.63) is 16.7 Å². The first kappa shape index (κ1) is 18.6. The molecule has 0 aliphatic carbocycles. The van der Waals surface area contributed by atoms with Gasteiger partial charge in [-0.3, -0.25) is 4.79 Å². The molecule has 1 unspecified atom stereocenters. The molecule has 0 saturated heterocycles. The number of rotatable bonds is 5. The van der Waals surface area contributed by atoms with E-state index in [1.165, 1.54) is 14.0 Å². The monoisotopic (exact) mass is 336 g/mol.